The molecular formula is C18H23F2NO3. The van der Waals surface area contributed by atoms with E-state index in [0.29, 0.717) is 25.3 Å². The van der Waals surface area contributed by atoms with Crippen LogP contribution in [0.3, 0.4) is 0 Å². The number of piperidine rings is 1. The molecule has 0 aromatic heterocycles. The molecule has 6 heteroatoms. The average Bonchev–Trinajstić information content (AvgIpc) is 3.01. The van der Waals surface area contributed by atoms with Crippen LogP contribution in [-0.4, -0.2) is 41.2 Å². The van der Waals surface area contributed by atoms with E-state index in [1.807, 2.05) is 0 Å². The third kappa shape index (κ3) is 4.23. The summed E-state index contributed by atoms with van der Waals surface area (Å²) in [6.07, 6.45) is 4.17. The van der Waals surface area contributed by atoms with Crippen LogP contribution in [0.4, 0.5) is 8.78 Å². The molecule has 0 unspecified atom stereocenters. The number of halogens is 2. The first-order valence-corrected chi connectivity index (χ1v) is 8.60. The molecule has 1 aliphatic carbocycles. The molecule has 24 heavy (non-hydrogen) atoms. The van der Waals surface area contributed by atoms with Gasteiger partial charge in [-0.3, -0.25) is 4.79 Å². The Balaban J connectivity index is 1.53. The normalized spacial score (nSPS) is 25.0. The van der Waals surface area contributed by atoms with E-state index in [9.17, 15) is 18.7 Å². The van der Waals surface area contributed by atoms with Gasteiger partial charge in [-0.1, -0.05) is 12.8 Å². The lowest BCUT2D eigenvalue weighted by atomic mass is 10.0. The molecule has 1 aromatic rings. The summed E-state index contributed by atoms with van der Waals surface area (Å²) in [7, 11) is 0. The predicted molar refractivity (Wildman–Crippen MR) is 84.6 cm³/mol. The fraction of sp³-hybridized carbons (Fsp3) is 0.611. The van der Waals surface area contributed by atoms with Crippen LogP contribution in [0.25, 0.3) is 0 Å². The number of aliphatic hydroxyl groups excluding tert-OH is 1. The van der Waals surface area contributed by atoms with Crippen molar-refractivity contribution in [1.82, 2.24) is 4.90 Å². The number of aliphatic hydroxyl groups is 1. The highest BCUT2D eigenvalue weighted by molar-refractivity contribution is 5.76. The van der Waals surface area contributed by atoms with Crippen molar-refractivity contribution in [3.63, 3.8) is 0 Å². The smallest absolute Gasteiger partial charge is 0.222 e. The van der Waals surface area contributed by atoms with E-state index < -0.39 is 23.8 Å². The third-order valence-electron chi connectivity index (χ3n) is 4.93. The average molecular weight is 339 g/mol. The second-order valence-corrected chi connectivity index (χ2v) is 6.81. The minimum absolute atomic E-state index is 0.0577. The Kier molecular flexibility index (Phi) is 5.33. The van der Waals surface area contributed by atoms with Crippen LogP contribution in [-0.2, 0) is 4.79 Å². The molecule has 1 amide bonds. The number of amides is 1. The van der Waals surface area contributed by atoms with Crippen LogP contribution >= 0.6 is 0 Å². The number of ether oxygens (including phenoxy) is 1. The first-order chi connectivity index (χ1) is 11.5. The Morgan fingerprint density at radius 2 is 1.83 bits per heavy atom. The molecule has 1 aromatic carbocycles. The lowest BCUT2D eigenvalue weighted by Crippen LogP contribution is -2.51. The van der Waals surface area contributed by atoms with Gasteiger partial charge in [-0.25, -0.2) is 8.78 Å². The number of hydrogen-bond donors (Lipinski definition) is 1. The number of hydrogen-bond acceptors (Lipinski definition) is 3. The maximum absolute atomic E-state index is 13.2. The predicted octanol–water partition coefficient (Wildman–Crippen LogP) is 2.89. The maximum Gasteiger partial charge on any atom is 0.222 e. The lowest BCUT2D eigenvalue weighted by molar-refractivity contribution is -0.138. The molecule has 0 bridgehead atoms. The summed E-state index contributed by atoms with van der Waals surface area (Å²) in [6.45, 7) is 0.694. The van der Waals surface area contributed by atoms with Crippen LogP contribution < -0.4 is 4.74 Å². The Labute approximate surface area is 140 Å². The van der Waals surface area contributed by atoms with Crippen LogP contribution in [0.2, 0.25) is 0 Å². The van der Waals surface area contributed by atoms with Gasteiger partial charge in [0, 0.05) is 37.6 Å². The van der Waals surface area contributed by atoms with Gasteiger partial charge in [-0.15, -0.1) is 0 Å². The second kappa shape index (κ2) is 7.47. The highest BCUT2D eigenvalue weighted by atomic mass is 19.1. The first kappa shape index (κ1) is 17.1. The van der Waals surface area contributed by atoms with Crippen LogP contribution in [0.5, 0.6) is 5.75 Å². The summed E-state index contributed by atoms with van der Waals surface area (Å²) in [5, 5.41) is 10.2. The summed E-state index contributed by atoms with van der Waals surface area (Å²) in [5.74, 6) is -0.829. The van der Waals surface area contributed by atoms with Gasteiger partial charge in [0.2, 0.25) is 5.91 Å². The first-order valence-electron chi connectivity index (χ1n) is 8.60. The molecule has 2 fully saturated rings. The Hall–Kier alpha value is -1.69. The van der Waals surface area contributed by atoms with E-state index in [4.69, 9.17) is 4.74 Å². The third-order valence-corrected chi connectivity index (χ3v) is 4.93. The van der Waals surface area contributed by atoms with E-state index >= 15 is 0 Å². The molecule has 1 N–H and O–H groups in total. The highest BCUT2D eigenvalue weighted by Gasteiger charge is 2.32. The molecule has 1 heterocycles. The lowest BCUT2D eigenvalue weighted by Gasteiger charge is -2.36. The molecule has 0 spiro atoms. The van der Waals surface area contributed by atoms with Gasteiger partial charge in [-0.2, -0.15) is 0 Å². The summed E-state index contributed by atoms with van der Waals surface area (Å²) >= 11 is 0. The maximum atomic E-state index is 13.2. The number of benzene rings is 1. The standard InChI is InChI=1S/C18H23F2NO3/c19-13-8-14(20)10-15(9-13)24-17-5-6-21(11-16(17)22)18(23)7-12-3-1-2-4-12/h8-10,12,16-17,22H,1-7,11H2/t16-,17-/m1/s1. The molecule has 2 atom stereocenters. The van der Waals surface area contributed by atoms with Gasteiger partial charge in [0.05, 0.1) is 6.54 Å². The summed E-state index contributed by atoms with van der Waals surface area (Å²) < 4.78 is 31.9. The zero-order valence-corrected chi connectivity index (χ0v) is 13.6. The van der Waals surface area contributed by atoms with Crippen molar-refractivity contribution < 1.29 is 23.4 Å². The van der Waals surface area contributed by atoms with Gasteiger partial charge >= 0.3 is 0 Å². The topological polar surface area (TPSA) is 49.8 Å². The van der Waals surface area contributed by atoms with Crippen molar-refractivity contribution in [3.05, 3.63) is 29.8 Å². The van der Waals surface area contributed by atoms with Gasteiger partial charge in [0.25, 0.3) is 0 Å². The summed E-state index contributed by atoms with van der Waals surface area (Å²) in [6, 6.07) is 2.95. The Bertz CT molecular complexity index is 569. The van der Waals surface area contributed by atoms with Crippen molar-refractivity contribution in [2.24, 2.45) is 5.92 Å². The van der Waals surface area contributed by atoms with Gasteiger partial charge in [0.1, 0.15) is 29.6 Å². The second-order valence-electron chi connectivity index (χ2n) is 6.81. The largest absolute Gasteiger partial charge is 0.487 e. The van der Waals surface area contributed by atoms with Crippen LogP contribution in [0.1, 0.15) is 38.5 Å². The molecule has 4 nitrogen and oxygen atoms in total. The van der Waals surface area contributed by atoms with Gasteiger partial charge < -0.3 is 14.7 Å². The summed E-state index contributed by atoms with van der Waals surface area (Å²) in [4.78, 5) is 14.0. The van der Waals surface area contributed by atoms with E-state index in [-0.39, 0.29) is 18.2 Å². The number of carbonyl (C=O) groups is 1. The minimum Gasteiger partial charge on any atom is -0.487 e. The van der Waals surface area contributed by atoms with Crippen molar-refractivity contribution in [2.45, 2.75) is 50.7 Å². The fourth-order valence-electron chi connectivity index (χ4n) is 3.64. The van der Waals surface area contributed by atoms with Crippen molar-refractivity contribution in [2.75, 3.05) is 13.1 Å². The van der Waals surface area contributed by atoms with Crippen molar-refractivity contribution >= 4 is 5.91 Å². The summed E-state index contributed by atoms with van der Waals surface area (Å²) in [5.41, 5.74) is 0. The van der Waals surface area contributed by atoms with Crippen molar-refractivity contribution in [1.29, 1.82) is 0 Å². The number of likely N-dealkylation sites (tertiary alicyclic amines) is 1. The minimum atomic E-state index is -0.863. The Morgan fingerprint density at radius 1 is 1.17 bits per heavy atom. The molecule has 132 valence electrons. The van der Waals surface area contributed by atoms with E-state index in [1.54, 1.807) is 4.90 Å². The zero-order chi connectivity index (χ0) is 17.1. The Morgan fingerprint density at radius 3 is 2.46 bits per heavy atom. The van der Waals surface area contributed by atoms with E-state index in [0.717, 1.165) is 31.0 Å². The molecule has 1 saturated heterocycles. The zero-order valence-electron chi connectivity index (χ0n) is 13.6. The molecule has 1 saturated carbocycles. The fourth-order valence-corrected chi connectivity index (χ4v) is 3.64. The number of nitrogens with zero attached hydrogens (tertiary/aromatic N) is 1. The molecule has 2 aliphatic rings. The molecule has 3 rings (SSSR count). The molecular weight excluding hydrogens is 316 g/mol. The van der Waals surface area contributed by atoms with Crippen LogP contribution in [0.15, 0.2) is 18.2 Å². The van der Waals surface area contributed by atoms with Gasteiger partial charge in [0.15, 0.2) is 0 Å². The molecule has 1 aliphatic heterocycles. The van der Waals surface area contributed by atoms with Crippen molar-refractivity contribution in [3.8, 4) is 5.75 Å². The highest BCUT2D eigenvalue weighted by Crippen LogP contribution is 2.29. The number of rotatable bonds is 4. The molecule has 0 radical (unpaired) electrons. The monoisotopic (exact) mass is 339 g/mol. The number of carbonyl (C=O) groups excluding carboxylic acids is 1. The van der Waals surface area contributed by atoms with E-state index in [1.165, 1.54) is 12.8 Å². The van der Waals surface area contributed by atoms with Crippen LogP contribution in [0, 0.1) is 17.6 Å². The quantitative estimate of drug-likeness (QED) is 0.918. The van der Waals surface area contributed by atoms with Gasteiger partial charge in [-0.05, 0) is 18.8 Å². The SMILES string of the molecule is O=C(CC1CCCC1)N1CC[C@@H](Oc2cc(F)cc(F)c2)[C@H](O)C1. The van der Waals surface area contributed by atoms with E-state index in [2.05, 4.69) is 0 Å². The number of β-amino-alcohol motifs (C(OH)–C–C–N with tert-alkyl or cyclic N) is 1.